The molecule has 0 spiro atoms. The molecule has 2 heterocycles. The molecule has 2 aliphatic rings. The molecule has 12 aromatic carbocycles. The molecule has 4 nitrogen and oxygen atoms in total. The minimum absolute atomic E-state index is 0.975. The average Bonchev–Trinajstić information content (AvgIpc) is 0.850. The quantitative estimate of drug-likeness (QED) is 0.0897. The van der Waals surface area contributed by atoms with Crippen LogP contribution in [0.15, 0.2) is 206 Å². The van der Waals surface area contributed by atoms with Crippen molar-refractivity contribution < 1.29 is 0 Å². The van der Waals surface area contributed by atoms with Crippen LogP contribution in [0.5, 0.6) is 0 Å². The van der Waals surface area contributed by atoms with Gasteiger partial charge in [0.25, 0.3) is 0 Å². The van der Waals surface area contributed by atoms with Crippen LogP contribution in [0.3, 0.4) is 0 Å². The lowest BCUT2D eigenvalue weighted by Gasteiger charge is -2.34. The maximum atomic E-state index is 2.75. The van der Waals surface area contributed by atoms with E-state index >= 15 is 0 Å². The second-order valence-electron chi connectivity index (χ2n) is 25.4. The monoisotopic (exact) mass is 1140 g/mol. The molecule has 0 radical (unpaired) electrons. The third-order valence-electron chi connectivity index (χ3n) is 20.1. The second kappa shape index (κ2) is 22.5. The predicted molar refractivity (Wildman–Crippen MR) is 377 cm³/mol. The first-order valence-electron chi connectivity index (χ1n) is 33.3. The van der Waals surface area contributed by atoms with E-state index in [1.165, 1.54) is 192 Å². The highest BCUT2D eigenvalue weighted by molar-refractivity contribution is 6.30. The molecule has 88 heavy (non-hydrogen) atoms. The van der Waals surface area contributed by atoms with Gasteiger partial charge in [0.2, 0.25) is 0 Å². The first-order valence-corrected chi connectivity index (χ1v) is 33.3. The lowest BCUT2D eigenvalue weighted by Crippen LogP contribution is -2.17. The van der Waals surface area contributed by atoms with Crippen LogP contribution in [0, 0.1) is 0 Å². The van der Waals surface area contributed by atoms with Gasteiger partial charge in [0.05, 0.1) is 39.1 Å². The summed E-state index contributed by atoms with van der Waals surface area (Å²) in [5.41, 5.74) is 26.6. The molecule has 0 amide bonds. The van der Waals surface area contributed by atoms with E-state index in [0.29, 0.717) is 0 Å². The molecule has 0 aliphatic heterocycles. The van der Waals surface area contributed by atoms with Crippen LogP contribution in [0.1, 0.15) is 124 Å². The fraction of sp³-hybridized carbons (Fsp3) is 0.238. The van der Waals surface area contributed by atoms with Gasteiger partial charge < -0.3 is 18.9 Å². The molecule has 14 aromatic rings. The molecule has 16 rings (SSSR count). The Hall–Kier alpha value is -9.12. The SMILES string of the molecule is CCCc1ccccc1-n1c2ccccc2c2ccc(N(c3cccc4c3CCCC4)c3cc(CCC)c4ccc5c(N(c6cccc7c6CCCC7)c6cccc7c8ccccc8n(-c8ccccc8CCC)c67)cc(CCC)c6ccc3c4c65)cc21. The molecule has 0 N–H and O–H groups in total. The molecule has 0 saturated carbocycles. The molecule has 4 heteroatoms. The van der Waals surface area contributed by atoms with Crippen LogP contribution in [0.25, 0.3) is 87.3 Å². The standard InChI is InChI=1S/C84H78N4/c1-5-24-57-30-11-17-39-72(57)86-76-41-19-15-36-66(76)68-47-46-61(54-81(68)86)85(74-43-21-32-55-28-9-13-34-62(55)74)79-52-59(26-7-3)64-49-51-71-80(53-60(27-8-4)65-48-50-70(79)82(64)83(65)71)87(75-44-22-33-56-29-10-14-35-63(56)75)78-45-23-38-69-67-37-16-20-42-77(67)88(84(69)78)73-40-18-12-31-58(73)25-6-2/h11-12,15-23,30-33,36-54H,5-10,13-14,24-29,34-35H2,1-4H3. The van der Waals surface area contributed by atoms with E-state index in [9.17, 15) is 0 Å². The third kappa shape index (κ3) is 8.68. The summed E-state index contributed by atoms with van der Waals surface area (Å²) in [7, 11) is 0. The van der Waals surface area contributed by atoms with Gasteiger partial charge in [-0.3, -0.25) is 0 Å². The van der Waals surface area contributed by atoms with Gasteiger partial charge in [0, 0.05) is 60.8 Å². The topological polar surface area (TPSA) is 16.3 Å². The minimum Gasteiger partial charge on any atom is -0.309 e. The summed E-state index contributed by atoms with van der Waals surface area (Å²) in [6, 6.07) is 80.7. The maximum Gasteiger partial charge on any atom is 0.0782 e. The van der Waals surface area contributed by atoms with Crippen LogP contribution in [-0.4, -0.2) is 9.13 Å². The number of benzene rings is 12. The van der Waals surface area contributed by atoms with Crippen LogP contribution in [0.4, 0.5) is 34.1 Å². The maximum absolute atomic E-state index is 2.75. The van der Waals surface area contributed by atoms with E-state index in [4.69, 9.17) is 0 Å². The number of rotatable bonds is 16. The van der Waals surface area contributed by atoms with Crippen molar-refractivity contribution in [3.63, 3.8) is 0 Å². The van der Waals surface area contributed by atoms with Crippen molar-refractivity contribution in [3.8, 4) is 11.4 Å². The summed E-state index contributed by atoms with van der Waals surface area (Å²) in [6.45, 7) is 9.34. The number of para-hydroxylation sites is 5. The van der Waals surface area contributed by atoms with Crippen molar-refractivity contribution in [2.75, 3.05) is 9.80 Å². The first kappa shape index (κ1) is 54.3. The molecular weight excluding hydrogens is 1060 g/mol. The van der Waals surface area contributed by atoms with Crippen molar-refractivity contribution >= 4 is 110 Å². The number of anilines is 6. The fourth-order valence-electron chi connectivity index (χ4n) is 16.4. The van der Waals surface area contributed by atoms with Gasteiger partial charge in [-0.2, -0.15) is 0 Å². The number of fused-ring (bicyclic) bond motifs is 8. The van der Waals surface area contributed by atoms with E-state index in [2.05, 4.69) is 253 Å². The van der Waals surface area contributed by atoms with Crippen LogP contribution >= 0.6 is 0 Å². The Kier molecular flexibility index (Phi) is 13.9. The van der Waals surface area contributed by atoms with Gasteiger partial charge in [0.15, 0.2) is 0 Å². The number of aromatic nitrogens is 2. The Morgan fingerprint density at radius 3 is 1.34 bits per heavy atom. The highest BCUT2D eigenvalue weighted by Crippen LogP contribution is 2.54. The fourth-order valence-corrected chi connectivity index (χ4v) is 16.4. The van der Waals surface area contributed by atoms with Crippen LogP contribution in [-0.2, 0) is 51.4 Å². The zero-order valence-corrected chi connectivity index (χ0v) is 51.7. The molecule has 2 aliphatic carbocycles. The minimum atomic E-state index is 0.975. The Balaban J connectivity index is 1.02. The number of nitrogens with zero attached hydrogens (tertiary/aromatic N) is 4. The summed E-state index contributed by atoms with van der Waals surface area (Å²) in [5.74, 6) is 0. The van der Waals surface area contributed by atoms with Gasteiger partial charge in [-0.05, 0) is 210 Å². The zero-order chi connectivity index (χ0) is 59.0. The summed E-state index contributed by atoms with van der Waals surface area (Å²) < 4.78 is 5.19. The zero-order valence-electron chi connectivity index (χ0n) is 51.7. The highest BCUT2D eigenvalue weighted by atomic mass is 15.2. The van der Waals surface area contributed by atoms with Crippen molar-refractivity contribution in [1.29, 1.82) is 0 Å². The van der Waals surface area contributed by atoms with E-state index in [1.54, 1.807) is 0 Å². The smallest absolute Gasteiger partial charge is 0.0782 e. The highest BCUT2D eigenvalue weighted by Gasteiger charge is 2.31. The molecule has 434 valence electrons. The molecular formula is C84H78N4. The summed E-state index contributed by atoms with van der Waals surface area (Å²) in [4.78, 5) is 5.46. The van der Waals surface area contributed by atoms with Crippen LogP contribution in [0.2, 0.25) is 0 Å². The van der Waals surface area contributed by atoms with Crippen molar-refractivity contribution in [3.05, 3.63) is 251 Å². The Morgan fingerprint density at radius 1 is 0.307 bits per heavy atom. The van der Waals surface area contributed by atoms with Gasteiger partial charge in [0.1, 0.15) is 0 Å². The van der Waals surface area contributed by atoms with Crippen molar-refractivity contribution in [2.45, 2.75) is 130 Å². The Labute approximate surface area is 518 Å². The largest absolute Gasteiger partial charge is 0.309 e. The van der Waals surface area contributed by atoms with Crippen LogP contribution < -0.4 is 9.80 Å². The Bertz CT molecular complexity index is 5010. The Morgan fingerprint density at radius 2 is 0.739 bits per heavy atom. The molecule has 0 bridgehead atoms. The number of hydrogen-bond donors (Lipinski definition) is 0. The van der Waals surface area contributed by atoms with E-state index < -0.39 is 0 Å². The van der Waals surface area contributed by atoms with Crippen molar-refractivity contribution in [2.24, 2.45) is 0 Å². The first-order chi connectivity index (χ1) is 43.5. The lowest BCUT2D eigenvalue weighted by atomic mass is 9.85. The summed E-state index contributed by atoms with van der Waals surface area (Å²) in [6.07, 6.45) is 17.4. The number of hydrogen-bond acceptors (Lipinski definition) is 2. The predicted octanol–water partition coefficient (Wildman–Crippen LogP) is 23.3. The van der Waals surface area contributed by atoms with E-state index in [1.807, 2.05) is 0 Å². The summed E-state index contributed by atoms with van der Waals surface area (Å²) in [5, 5.41) is 13.2. The van der Waals surface area contributed by atoms with E-state index in [0.717, 1.165) is 77.0 Å². The van der Waals surface area contributed by atoms with Gasteiger partial charge in [-0.1, -0.05) is 193 Å². The van der Waals surface area contributed by atoms with Gasteiger partial charge in [-0.15, -0.1) is 0 Å². The normalized spacial score (nSPS) is 13.5. The van der Waals surface area contributed by atoms with Gasteiger partial charge >= 0.3 is 0 Å². The van der Waals surface area contributed by atoms with E-state index in [-0.39, 0.29) is 0 Å². The molecule has 0 fully saturated rings. The summed E-state index contributed by atoms with van der Waals surface area (Å²) >= 11 is 0. The molecule has 2 aromatic heterocycles. The molecule has 0 saturated heterocycles. The number of aryl methyl sites for hydroxylation is 6. The molecule has 0 unspecified atom stereocenters. The average molecular weight is 1140 g/mol. The second-order valence-corrected chi connectivity index (χ2v) is 25.4. The third-order valence-corrected chi connectivity index (χ3v) is 20.1. The van der Waals surface area contributed by atoms with Crippen molar-refractivity contribution in [1.82, 2.24) is 9.13 Å². The van der Waals surface area contributed by atoms with Gasteiger partial charge in [-0.25, -0.2) is 0 Å². The molecule has 0 atom stereocenters. The lowest BCUT2D eigenvalue weighted by molar-refractivity contribution is 0.686.